The van der Waals surface area contributed by atoms with Gasteiger partial charge in [0.05, 0.1) is 17.3 Å². The Morgan fingerprint density at radius 1 is 1.10 bits per heavy atom. The summed E-state index contributed by atoms with van der Waals surface area (Å²) in [5.74, 6) is 0.897. The molecule has 2 aromatic carbocycles. The quantitative estimate of drug-likeness (QED) is 0.772. The Kier molecular flexibility index (Phi) is 5.57. The highest BCUT2D eigenvalue weighted by Gasteiger charge is 2.02. The summed E-state index contributed by atoms with van der Waals surface area (Å²) in [6.45, 7) is 3.51. The van der Waals surface area contributed by atoms with Crippen molar-refractivity contribution in [1.82, 2.24) is 0 Å². The summed E-state index contributed by atoms with van der Waals surface area (Å²) < 4.78 is 5.62. The van der Waals surface area contributed by atoms with Crippen LogP contribution in [0.25, 0.3) is 0 Å². The molecule has 0 heterocycles. The van der Waals surface area contributed by atoms with Crippen molar-refractivity contribution in [1.29, 1.82) is 0 Å². The van der Waals surface area contributed by atoms with Crippen molar-refractivity contribution in [2.24, 2.45) is 0 Å². The van der Waals surface area contributed by atoms with Gasteiger partial charge >= 0.3 is 0 Å². The van der Waals surface area contributed by atoms with E-state index in [4.69, 9.17) is 27.9 Å². The molecule has 0 unspecified atom stereocenters. The zero-order valence-corrected chi connectivity index (χ0v) is 12.8. The van der Waals surface area contributed by atoms with E-state index in [1.807, 2.05) is 30.3 Å². The topological polar surface area (TPSA) is 21.3 Å². The fourth-order valence-corrected chi connectivity index (χ4v) is 2.27. The van der Waals surface area contributed by atoms with E-state index in [-0.39, 0.29) is 0 Å². The van der Waals surface area contributed by atoms with Gasteiger partial charge in [0.25, 0.3) is 0 Å². The molecule has 106 valence electrons. The molecule has 0 aliphatic carbocycles. The first-order valence-corrected chi connectivity index (χ1v) is 7.35. The molecule has 1 N–H and O–H groups in total. The third-order valence-electron chi connectivity index (χ3n) is 2.79. The van der Waals surface area contributed by atoms with Crippen LogP contribution in [-0.4, -0.2) is 6.61 Å². The molecule has 0 fully saturated rings. The monoisotopic (exact) mass is 309 g/mol. The molecule has 0 aliphatic heterocycles. The van der Waals surface area contributed by atoms with E-state index in [2.05, 4.69) is 18.3 Å². The van der Waals surface area contributed by atoms with Gasteiger partial charge in [-0.05, 0) is 42.3 Å². The summed E-state index contributed by atoms with van der Waals surface area (Å²) >= 11 is 12.0. The van der Waals surface area contributed by atoms with Crippen molar-refractivity contribution < 1.29 is 4.74 Å². The molecule has 0 saturated carbocycles. The van der Waals surface area contributed by atoms with Crippen LogP contribution in [0.2, 0.25) is 10.0 Å². The van der Waals surface area contributed by atoms with Gasteiger partial charge in [-0.15, -0.1) is 0 Å². The molecule has 0 saturated heterocycles. The molecule has 0 amide bonds. The Hall–Kier alpha value is -1.38. The number of halogens is 2. The van der Waals surface area contributed by atoms with Crippen LogP contribution < -0.4 is 10.1 Å². The molecule has 0 spiro atoms. The number of hydrogen-bond acceptors (Lipinski definition) is 2. The summed E-state index contributed by atoms with van der Waals surface area (Å²) in [5.41, 5.74) is 2.01. The lowest BCUT2D eigenvalue weighted by Crippen LogP contribution is -2.01. The summed E-state index contributed by atoms with van der Waals surface area (Å²) in [4.78, 5) is 0. The number of hydrogen-bond donors (Lipinski definition) is 1. The average Bonchev–Trinajstić information content (AvgIpc) is 2.45. The molecule has 0 radical (unpaired) electrons. The summed E-state index contributed by atoms with van der Waals surface area (Å²) in [6, 6.07) is 13.5. The molecule has 2 rings (SSSR count). The van der Waals surface area contributed by atoms with Crippen LogP contribution in [0.3, 0.4) is 0 Å². The summed E-state index contributed by atoms with van der Waals surface area (Å²) in [5, 5.41) is 4.55. The highest BCUT2D eigenvalue weighted by Crippen LogP contribution is 2.26. The maximum absolute atomic E-state index is 6.12. The van der Waals surface area contributed by atoms with Gasteiger partial charge < -0.3 is 10.1 Å². The lowest BCUT2D eigenvalue weighted by Gasteiger charge is -2.10. The minimum absolute atomic E-state index is 0.621. The maximum atomic E-state index is 6.12. The number of rotatable bonds is 6. The Bertz CT molecular complexity index is 572. The SMILES string of the molecule is CCCOc1cccc(CNc2ccc(Cl)cc2Cl)c1. The van der Waals surface area contributed by atoms with Gasteiger partial charge in [-0.1, -0.05) is 42.3 Å². The number of ether oxygens (including phenoxy) is 1. The molecule has 0 aliphatic rings. The highest BCUT2D eigenvalue weighted by atomic mass is 35.5. The van der Waals surface area contributed by atoms with E-state index >= 15 is 0 Å². The minimum atomic E-state index is 0.621. The molecule has 2 nitrogen and oxygen atoms in total. The van der Waals surface area contributed by atoms with Crippen LogP contribution >= 0.6 is 23.2 Å². The van der Waals surface area contributed by atoms with Gasteiger partial charge in [-0.25, -0.2) is 0 Å². The van der Waals surface area contributed by atoms with Gasteiger partial charge in [-0.2, -0.15) is 0 Å². The Morgan fingerprint density at radius 2 is 1.95 bits per heavy atom. The molecular formula is C16H17Cl2NO. The molecule has 4 heteroatoms. The fraction of sp³-hybridized carbons (Fsp3) is 0.250. The van der Waals surface area contributed by atoms with Crippen LogP contribution in [0.15, 0.2) is 42.5 Å². The first-order chi connectivity index (χ1) is 9.69. The largest absolute Gasteiger partial charge is 0.494 e. The zero-order valence-electron chi connectivity index (χ0n) is 11.3. The normalized spacial score (nSPS) is 10.3. The van der Waals surface area contributed by atoms with E-state index in [0.717, 1.165) is 30.0 Å². The third kappa shape index (κ3) is 4.32. The van der Waals surface area contributed by atoms with Crippen LogP contribution in [0, 0.1) is 0 Å². The van der Waals surface area contributed by atoms with Gasteiger partial charge in [-0.3, -0.25) is 0 Å². The number of anilines is 1. The molecule has 0 aromatic heterocycles. The Morgan fingerprint density at radius 3 is 2.70 bits per heavy atom. The van der Waals surface area contributed by atoms with E-state index in [9.17, 15) is 0 Å². The van der Waals surface area contributed by atoms with Crippen molar-refractivity contribution in [2.75, 3.05) is 11.9 Å². The van der Waals surface area contributed by atoms with E-state index in [0.29, 0.717) is 16.6 Å². The molecule has 0 atom stereocenters. The predicted molar refractivity (Wildman–Crippen MR) is 86.0 cm³/mol. The van der Waals surface area contributed by atoms with Crippen molar-refractivity contribution >= 4 is 28.9 Å². The van der Waals surface area contributed by atoms with Crippen LogP contribution in [0.1, 0.15) is 18.9 Å². The second kappa shape index (κ2) is 7.41. The lowest BCUT2D eigenvalue weighted by atomic mass is 10.2. The highest BCUT2D eigenvalue weighted by molar-refractivity contribution is 6.36. The number of nitrogens with one attached hydrogen (secondary N) is 1. The van der Waals surface area contributed by atoms with Crippen molar-refractivity contribution in [3.05, 3.63) is 58.1 Å². The zero-order chi connectivity index (χ0) is 14.4. The first-order valence-electron chi connectivity index (χ1n) is 6.59. The summed E-state index contributed by atoms with van der Waals surface area (Å²) in [6.07, 6.45) is 1.00. The molecule has 0 bridgehead atoms. The number of benzene rings is 2. The first kappa shape index (κ1) is 15.0. The van der Waals surface area contributed by atoms with Gasteiger partial charge in [0.2, 0.25) is 0 Å². The summed E-state index contributed by atoms with van der Waals surface area (Å²) in [7, 11) is 0. The van der Waals surface area contributed by atoms with Gasteiger partial charge in [0.1, 0.15) is 5.75 Å². The Balaban J connectivity index is 1.99. The van der Waals surface area contributed by atoms with Crippen molar-refractivity contribution in [3.8, 4) is 5.75 Å². The van der Waals surface area contributed by atoms with Gasteiger partial charge in [0, 0.05) is 11.6 Å². The van der Waals surface area contributed by atoms with Gasteiger partial charge in [0.15, 0.2) is 0 Å². The standard InChI is InChI=1S/C16H17Cl2NO/c1-2-8-20-14-5-3-4-12(9-14)11-19-16-7-6-13(17)10-15(16)18/h3-7,9-10,19H,2,8,11H2,1H3. The smallest absolute Gasteiger partial charge is 0.119 e. The second-order valence-corrected chi connectivity index (χ2v) is 5.32. The van der Waals surface area contributed by atoms with Crippen molar-refractivity contribution in [2.45, 2.75) is 19.9 Å². The van der Waals surface area contributed by atoms with Crippen LogP contribution in [-0.2, 0) is 6.54 Å². The predicted octanol–water partition coefficient (Wildman–Crippen LogP) is 5.39. The molecular weight excluding hydrogens is 293 g/mol. The van der Waals surface area contributed by atoms with E-state index in [1.165, 1.54) is 0 Å². The molecule has 2 aromatic rings. The second-order valence-electron chi connectivity index (χ2n) is 4.47. The van der Waals surface area contributed by atoms with Crippen molar-refractivity contribution in [3.63, 3.8) is 0 Å². The average molecular weight is 310 g/mol. The Labute approximate surface area is 129 Å². The van der Waals surface area contributed by atoms with E-state index < -0.39 is 0 Å². The van der Waals surface area contributed by atoms with Crippen LogP contribution in [0.5, 0.6) is 5.75 Å². The maximum Gasteiger partial charge on any atom is 0.119 e. The fourth-order valence-electron chi connectivity index (χ4n) is 1.80. The molecule has 20 heavy (non-hydrogen) atoms. The minimum Gasteiger partial charge on any atom is -0.494 e. The lowest BCUT2D eigenvalue weighted by molar-refractivity contribution is 0.317. The third-order valence-corrected chi connectivity index (χ3v) is 3.33. The van der Waals surface area contributed by atoms with E-state index in [1.54, 1.807) is 6.07 Å². The van der Waals surface area contributed by atoms with Crippen LogP contribution in [0.4, 0.5) is 5.69 Å².